The molecule has 2 rings (SSSR count). The van der Waals surface area contributed by atoms with Crippen molar-refractivity contribution in [2.24, 2.45) is 0 Å². The van der Waals surface area contributed by atoms with E-state index in [0.717, 1.165) is 49.6 Å². The molecule has 2 heterocycles. The predicted octanol–water partition coefficient (Wildman–Crippen LogP) is 2.35. The highest BCUT2D eigenvalue weighted by molar-refractivity contribution is 5.93. The second-order valence-electron chi connectivity index (χ2n) is 6.31. The number of hydrogen-bond acceptors (Lipinski definition) is 4. The molecule has 1 aromatic heterocycles. The van der Waals surface area contributed by atoms with Gasteiger partial charge in [0, 0.05) is 26.3 Å². The SMILES string of the molecule is CCn1nc(C)c(NC(=O)CN2CCCC[C@@H]2CCOC)c1C. The van der Waals surface area contributed by atoms with Crippen LogP contribution >= 0.6 is 0 Å². The van der Waals surface area contributed by atoms with E-state index in [1.54, 1.807) is 7.11 Å². The molecule has 0 radical (unpaired) electrons. The summed E-state index contributed by atoms with van der Waals surface area (Å²) in [6.45, 7) is 9.01. The Labute approximate surface area is 139 Å². The lowest BCUT2D eigenvalue weighted by atomic mass is 9.99. The van der Waals surface area contributed by atoms with Gasteiger partial charge in [-0.2, -0.15) is 5.10 Å². The van der Waals surface area contributed by atoms with Crippen molar-refractivity contribution in [1.82, 2.24) is 14.7 Å². The molecule has 1 aliphatic heterocycles. The maximum atomic E-state index is 12.5. The number of likely N-dealkylation sites (tertiary alicyclic amines) is 1. The number of carbonyl (C=O) groups excluding carboxylic acids is 1. The Balaban J connectivity index is 1.96. The fraction of sp³-hybridized carbons (Fsp3) is 0.765. The first-order valence-electron chi connectivity index (χ1n) is 8.63. The minimum Gasteiger partial charge on any atom is -0.385 e. The van der Waals surface area contributed by atoms with E-state index in [-0.39, 0.29) is 5.91 Å². The van der Waals surface area contributed by atoms with Crippen molar-refractivity contribution in [2.75, 3.05) is 32.1 Å². The molecule has 0 unspecified atom stereocenters. The maximum absolute atomic E-state index is 12.5. The van der Waals surface area contributed by atoms with Gasteiger partial charge >= 0.3 is 0 Å². The van der Waals surface area contributed by atoms with Gasteiger partial charge in [0.05, 0.1) is 23.6 Å². The van der Waals surface area contributed by atoms with Crippen LogP contribution in [0.4, 0.5) is 5.69 Å². The fourth-order valence-corrected chi connectivity index (χ4v) is 3.40. The lowest BCUT2D eigenvalue weighted by Crippen LogP contribution is -2.44. The van der Waals surface area contributed by atoms with Crippen molar-refractivity contribution >= 4 is 11.6 Å². The summed E-state index contributed by atoms with van der Waals surface area (Å²) >= 11 is 0. The van der Waals surface area contributed by atoms with Crippen LogP contribution in [0.3, 0.4) is 0 Å². The first-order valence-corrected chi connectivity index (χ1v) is 8.63. The summed E-state index contributed by atoms with van der Waals surface area (Å²) in [7, 11) is 1.73. The summed E-state index contributed by atoms with van der Waals surface area (Å²) in [6.07, 6.45) is 4.56. The highest BCUT2D eigenvalue weighted by Crippen LogP contribution is 2.21. The number of ether oxygens (including phenoxy) is 1. The molecule has 0 bridgehead atoms. The molecular weight excluding hydrogens is 292 g/mol. The van der Waals surface area contributed by atoms with Crippen LogP contribution in [-0.2, 0) is 16.1 Å². The predicted molar refractivity (Wildman–Crippen MR) is 91.7 cm³/mol. The first kappa shape index (κ1) is 17.9. The molecule has 0 saturated carbocycles. The van der Waals surface area contributed by atoms with Crippen molar-refractivity contribution in [3.63, 3.8) is 0 Å². The highest BCUT2D eigenvalue weighted by atomic mass is 16.5. The van der Waals surface area contributed by atoms with Gasteiger partial charge in [-0.05, 0) is 46.6 Å². The van der Waals surface area contributed by atoms with Crippen LogP contribution in [-0.4, -0.2) is 53.4 Å². The molecule has 1 amide bonds. The number of anilines is 1. The summed E-state index contributed by atoms with van der Waals surface area (Å²) in [5.41, 5.74) is 2.77. The zero-order valence-corrected chi connectivity index (χ0v) is 14.9. The van der Waals surface area contributed by atoms with Crippen molar-refractivity contribution < 1.29 is 9.53 Å². The third kappa shape index (κ3) is 4.54. The van der Waals surface area contributed by atoms with Crippen molar-refractivity contribution in [3.05, 3.63) is 11.4 Å². The van der Waals surface area contributed by atoms with Crippen LogP contribution in [0.5, 0.6) is 0 Å². The number of aryl methyl sites for hydroxylation is 2. The molecule has 1 aromatic rings. The zero-order valence-electron chi connectivity index (χ0n) is 14.9. The highest BCUT2D eigenvalue weighted by Gasteiger charge is 2.24. The average Bonchev–Trinajstić information content (AvgIpc) is 2.81. The number of rotatable bonds is 7. The third-order valence-corrected chi connectivity index (χ3v) is 4.70. The van der Waals surface area contributed by atoms with Gasteiger partial charge < -0.3 is 10.1 Å². The van der Waals surface area contributed by atoms with Gasteiger partial charge in [-0.25, -0.2) is 0 Å². The molecule has 1 N–H and O–H groups in total. The Hall–Kier alpha value is -1.40. The molecule has 6 nitrogen and oxygen atoms in total. The number of piperidine rings is 1. The number of carbonyl (C=O) groups is 1. The topological polar surface area (TPSA) is 59.4 Å². The van der Waals surface area contributed by atoms with Crippen LogP contribution in [0.15, 0.2) is 0 Å². The van der Waals surface area contributed by atoms with Crippen molar-refractivity contribution in [3.8, 4) is 0 Å². The number of nitrogens with one attached hydrogen (secondary N) is 1. The van der Waals surface area contributed by atoms with E-state index in [2.05, 4.69) is 22.2 Å². The molecule has 1 aliphatic rings. The minimum atomic E-state index is 0.0520. The zero-order chi connectivity index (χ0) is 16.8. The van der Waals surface area contributed by atoms with Gasteiger partial charge in [-0.1, -0.05) is 6.42 Å². The smallest absolute Gasteiger partial charge is 0.238 e. The standard InChI is InChI=1S/C17H30N4O2/c1-5-21-14(3)17(13(2)19-21)18-16(22)12-20-10-7-6-8-15(20)9-11-23-4/h15H,5-12H2,1-4H3,(H,18,22)/t15-/m1/s1. The van der Waals surface area contributed by atoms with Crippen molar-refractivity contribution in [1.29, 1.82) is 0 Å². The van der Waals surface area contributed by atoms with Crippen LogP contribution in [0, 0.1) is 13.8 Å². The average molecular weight is 322 g/mol. The second-order valence-corrected chi connectivity index (χ2v) is 6.31. The molecule has 0 aliphatic carbocycles. The van der Waals surface area contributed by atoms with Gasteiger partial charge in [0.25, 0.3) is 0 Å². The molecule has 6 heteroatoms. The summed E-state index contributed by atoms with van der Waals surface area (Å²) in [4.78, 5) is 14.8. The van der Waals surface area contributed by atoms with Gasteiger partial charge in [-0.15, -0.1) is 0 Å². The monoisotopic (exact) mass is 322 g/mol. The Morgan fingerprint density at radius 3 is 2.83 bits per heavy atom. The molecule has 1 saturated heterocycles. The van der Waals surface area contributed by atoms with Gasteiger partial charge in [-0.3, -0.25) is 14.4 Å². The van der Waals surface area contributed by atoms with Gasteiger partial charge in [0.15, 0.2) is 0 Å². The number of amides is 1. The Bertz CT molecular complexity index is 527. The summed E-state index contributed by atoms with van der Waals surface area (Å²) < 4.78 is 7.13. The number of nitrogens with zero attached hydrogens (tertiary/aromatic N) is 3. The fourth-order valence-electron chi connectivity index (χ4n) is 3.40. The largest absolute Gasteiger partial charge is 0.385 e. The lowest BCUT2D eigenvalue weighted by molar-refractivity contribution is -0.118. The van der Waals surface area contributed by atoms with E-state index in [4.69, 9.17) is 4.74 Å². The molecule has 0 aromatic carbocycles. The van der Waals surface area contributed by atoms with Crippen LogP contribution in [0.1, 0.15) is 44.0 Å². The van der Waals surface area contributed by atoms with Crippen LogP contribution < -0.4 is 5.32 Å². The normalized spacial score (nSPS) is 19.0. The van der Waals surface area contributed by atoms with Gasteiger partial charge in [0.1, 0.15) is 0 Å². The molecular formula is C17H30N4O2. The molecule has 23 heavy (non-hydrogen) atoms. The quantitative estimate of drug-likeness (QED) is 0.837. The second kappa shape index (κ2) is 8.45. The summed E-state index contributed by atoms with van der Waals surface area (Å²) in [6, 6.07) is 0.454. The molecule has 130 valence electrons. The van der Waals surface area contributed by atoms with E-state index >= 15 is 0 Å². The lowest BCUT2D eigenvalue weighted by Gasteiger charge is -2.35. The maximum Gasteiger partial charge on any atom is 0.238 e. The van der Waals surface area contributed by atoms with Crippen molar-refractivity contribution in [2.45, 2.75) is 59.0 Å². The first-order chi connectivity index (χ1) is 11.1. The van der Waals surface area contributed by atoms with Crippen LogP contribution in [0.25, 0.3) is 0 Å². The van der Waals surface area contributed by atoms with E-state index < -0.39 is 0 Å². The minimum absolute atomic E-state index is 0.0520. The van der Waals surface area contributed by atoms with E-state index in [0.29, 0.717) is 12.6 Å². The molecule has 0 spiro atoms. The number of hydrogen-bond donors (Lipinski definition) is 1. The molecule has 1 fully saturated rings. The molecule has 1 atom stereocenters. The Kier molecular flexibility index (Phi) is 6.59. The number of aromatic nitrogens is 2. The third-order valence-electron chi connectivity index (χ3n) is 4.70. The van der Waals surface area contributed by atoms with E-state index in [1.807, 2.05) is 18.5 Å². The van der Waals surface area contributed by atoms with E-state index in [9.17, 15) is 4.79 Å². The number of methoxy groups -OCH3 is 1. The van der Waals surface area contributed by atoms with Gasteiger partial charge in [0.2, 0.25) is 5.91 Å². The summed E-state index contributed by atoms with van der Waals surface area (Å²) in [5, 5.41) is 7.52. The van der Waals surface area contributed by atoms with E-state index in [1.165, 1.54) is 12.8 Å². The Morgan fingerprint density at radius 1 is 1.39 bits per heavy atom. The Morgan fingerprint density at radius 2 is 2.17 bits per heavy atom. The van der Waals surface area contributed by atoms with Crippen LogP contribution in [0.2, 0.25) is 0 Å². The summed E-state index contributed by atoms with van der Waals surface area (Å²) in [5.74, 6) is 0.0520.